The van der Waals surface area contributed by atoms with Crippen molar-refractivity contribution >= 4 is 0 Å². The Morgan fingerprint density at radius 3 is 2.46 bits per heavy atom. The first kappa shape index (κ1) is 7.98. The van der Waals surface area contributed by atoms with Gasteiger partial charge in [0.2, 0.25) is 0 Å². The summed E-state index contributed by atoms with van der Waals surface area (Å²) < 4.78 is 12.6. The Kier molecular flexibility index (Phi) is 1.85. The average molecular weight is 176 g/mol. The predicted octanol–water partition coefficient (Wildman–Crippen LogP) is 2.52. The first-order valence-corrected chi connectivity index (χ1v) is 4.03. The highest BCUT2D eigenvalue weighted by Gasteiger charge is 1.99. The van der Waals surface area contributed by atoms with Crippen LogP contribution in [0.2, 0.25) is 0 Å². The summed E-state index contributed by atoms with van der Waals surface area (Å²) in [6, 6.07) is 6.32. The fourth-order valence-corrected chi connectivity index (χ4v) is 1.20. The number of halogens is 1. The van der Waals surface area contributed by atoms with Crippen molar-refractivity contribution < 1.29 is 4.39 Å². The molecule has 2 rings (SSSR count). The number of hydrogen-bond donors (Lipinski definition) is 1. The van der Waals surface area contributed by atoms with Crippen molar-refractivity contribution in [1.29, 1.82) is 0 Å². The zero-order valence-corrected chi connectivity index (χ0v) is 7.21. The smallest absolute Gasteiger partial charge is 0.123 e. The van der Waals surface area contributed by atoms with Crippen LogP contribution in [0.25, 0.3) is 11.3 Å². The molecule has 0 bridgehead atoms. The van der Waals surface area contributed by atoms with Crippen LogP contribution < -0.4 is 0 Å². The largest absolute Gasteiger partial charge is 0.342 e. The van der Waals surface area contributed by atoms with Gasteiger partial charge in [0.1, 0.15) is 11.6 Å². The second kappa shape index (κ2) is 3.01. The fraction of sp³-hybridized carbons (Fsp3) is 0.100. The van der Waals surface area contributed by atoms with Gasteiger partial charge in [-0.3, -0.25) is 0 Å². The van der Waals surface area contributed by atoms with E-state index in [0.717, 1.165) is 17.1 Å². The van der Waals surface area contributed by atoms with E-state index in [0.29, 0.717) is 0 Å². The van der Waals surface area contributed by atoms with Crippen molar-refractivity contribution in [3.05, 3.63) is 42.1 Å². The van der Waals surface area contributed by atoms with Gasteiger partial charge in [-0.2, -0.15) is 0 Å². The van der Waals surface area contributed by atoms with Crippen molar-refractivity contribution in [1.82, 2.24) is 9.97 Å². The van der Waals surface area contributed by atoms with E-state index >= 15 is 0 Å². The summed E-state index contributed by atoms with van der Waals surface area (Å²) in [5.74, 6) is 0.638. The predicted molar refractivity (Wildman–Crippen MR) is 48.7 cm³/mol. The van der Waals surface area contributed by atoms with E-state index in [1.165, 1.54) is 12.1 Å². The van der Waals surface area contributed by atoms with E-state index in [4.69, 9.17) is 0 Å². The average Bonchev–Trinajstić information content (AvgIpc) is 2.53. The van der Waals surface area contributed by atoms with Crippen molar-refractivity contribution in [3.63, 3.8) is 0 Å². The molecule has 66 valence electrons. The molecule has 0 aliphatic heterocycles. The monoisotopic (exact) mass is 176 g/mol. The SMILES string of the molecule is Cc1ncc(-c2ccc(F)cc2)[nH]1. The second-order valence-electron chi connectivity index (χ2n) is 2.89. The summed E-state index contributed by atoms with van der Waals surface area (Å²) in [6.07, 6.45) is 1.74. The van der Waals surface area contributed by atoms with Crippen molar-refractivity contribution in [2.45, 2.75) is 6.92 Å². The lowest BCUT2D eigenvalue weighted by Gasteiger charge is -1.95. The van der Waals surface area contributed by atoms with Crippen LogP contribution >= 0.6 is 0 Å². The molecule has 0 radical (unpaired) electrons. The van der Waals surface area contributed by atoms with Crippen LogP contribution in [0.4, 0.5) is 4.39 Å². The molecule has 1 aromatic heterocycles. The quantitative estimate of drug-likeness (QED) is 0.710. The standard InChI is InChI=1S/C10H9FN2/c1-7-12-6-10(13-7)8-2-4-9(11)5-3-8/h2-6H,1H3,(H,12,13). The molecular formula is C10H9FN2. The highest BCUT2D eigenvalue weighted by atomic mass is 19.1. The summed E-state index contributed by atoms with van der Waals surface area (Å²) in [5.41, 5.74) is 1.86. The van der Waals surface area contributed by atoms with Crippen LogP contribution in [0, 0.1) is 12.7 Å². The molecule has 0 spiro atoms. The molecule has 1 N–H and O–H groups in total. The Bertz CT molecular complexity index is 403. The Hall–Kier alpha value is -1.64. The van der Waals surface area contributed by atoms with Crippen LogP contribution in [0.1, 0.15) is 5.82 Å². The van der Waals surface area contributed by atoms with Gasteiger partial charge in [0, 0.05) is 0 Å². The maximum absolute atomic E-state index is 12.6. The second-order valence-corrected chi connectivity index (χ2v) is 2.89. The first-order chi connectivity index (χ1) is 6.25. The van der Waals surface area contributed by atoms with Gasteiger partial charge in [-0.1, -0.05) is 0 Å². The molecule has 0 saturated carbocycles. The van der Waals surface area contributed by atoms with Crippen LogP contribution in [0.5, 0.6) is 0 Å². The minimum atomic E-state index is -0.222. The molecule has 13 heavy (non-hydrogen) atoms. The van der Waals surface area contributed by atoms with Gasteiger partial charge in [-0.05, 0) is 36.8 Å². The third kappa shape index (κ3) is 1.59. The molecule has 0 aliphatic rings. The number of hydrogen-bond acceptors (Lipinski definition) is 1. The number of imidazole rings is 1. The molecule has 0 aliphatic carbocycles. The minimum absolute atomic E-state index is 0.222. The summed E-state index contributed by atoms with van der Waals surface area (Å²) in [4.78, 5) is 7.14. The third-order valence-corrected chi connectivity index (χ3v) is 1.86. The fourth-order valence-electron chi connectivity index (χ4n) is 1.20. The molecule has 3 heteroatoms. The summed E-state index contributed by atoms with van der Waals surface area (Å²) in [7, 11) is 0. The number of aromatic amines is 1. The highest BCUT2D eigenvalue weighted by molar-refractivity contribution is 5.58. The van der Waals surface area contributed by atoms with E-state index in [1.807, 2.05) is 6.92 Å². The molecular weight excluding hydrogens is 167 g/mol. The third-order valence-electron chi connectivity index (χ3n) is 1.86. The van der Waals surface area contributed by atoms with Crippen LogP contribution in [-0.4, -0.2) is 9.97 Å². The zero-order valence-electron chi connectivity index (χ0n) is 7.21. The molecule has 2 nitrogen and oxygen atoms in total. The summed E-state index contributed by atoms with van der Waals surface area (Å²) in [6.45, 7) is 1.88. The Labute approximate surface area is 75.4 Å². The molecule has 0 atom stereocenters. The van der Waals surface area contributed by atoms with Gasteiger partial charge in [-0.25, -0.2) is 9.37 Å². The topological polar surface area (TPSA) is 28.7 Å². The first-order valence-electron chi connectivity index (χ1n) is 4.03. The van der Waals surface area contributed by atoms with Gasteiger partial charge in [-0.15, -0.1) is 0 Å². The molecule has 0 unspecified atom stereocenters. The van der Waals surface area contributed by atoms with Crippen molar-refractivity contribution in [2.24, 2.45) is 0 Å². The van der Waals surface area contributed by atoms with E-state index < -0.39 is 0 Å². The molecule has 0 fully saturated rings. The van der Waals surface area contributed by atoms with E-state index in [9.17, 15) is 4.39 Å². The number of nitrogens with zero attached hydrogens (tertiary/aromatic N) is 1. The summed E-state index contributed by atoms with van der Waals surface area (Å²) in [5, 5.41) is 0. The number of rotatable bonds is 1. The lowest BCUT2D eigenvalue weighted by molar-refractivity contribution is 0.628. The molecule has 0 amide bonds. The van der Waals surface area contributed by atoms with E-state index in [2.05, 4.69) is 9.97 Å². The van der Waals surface area contributed by atoms with Crippen LogP contribution in [-0.2, 0) is 0 Å². The van der Waals surface area contributed by atoms with E-state index in [-0.39, 0.29) is 5.82 Å². The maximum Gasteiger partial charge on any atom is 0.123 e. The number of nitrogens with one attached hydrogen (secondary N) is 1. The summed E-state index contributed by atoms with van der Waals surface area (Å²) >= 11 is 0. The Balaban J connectivity index is 2.41. The van der Waals surface area contributed by atoms with Crippen LogP contribution in [0.3, 0.4) is 0 Å². The lowest BCUT2D eigenvalue weighted by atomic mass is 10.2. The zero-order chi connectivity index (χ0) is 9.26. The Morgan fingerprint density at radius 1 is 1.23 bits per heavy atom. The van der Waals surface area contributed by atoms with Gasteiger partial charge in [0.25, 0.3) is 0 Å². The maximum atomic E-state index is 12.6. The molecule has 1 heterocycles. The lowest BCUT2D eigenvalue weighted by Crippen LogP contribution is -1.78. The number of aromatic nitrogens is 2. The van der Waals surface area contributed by atoms with Gasteiger partial charge < -0.3 is 4.98 Å². The van der Waals surface area contributed by atoms with Crippen molar-refractivity contribution in [2.75, 3.05) is 0 Å². The number of benzene rings is 1. The van der Waals surface area contributed by atoms with Gasteiger partial charge >= 0.3 is 0 Å². The van der Waals surface area contributed by atoms with E-state index in [1.54, 1.807) is 18.3 Å². The normalized spacial score (nSPS) is 10.3. The molecule has 1 aromatic carbocycles. The Morgan fingerprint density at radius 2 is 1.92 bits per heavy atom. The minimum Gasteiger partial charge on any atom is -0.342 e. The van der Waals surface area contributed by atoms with Crippen molar-refractivity contribution in [3.8, 4) is 11.3 Å². The van der Waals surface area contributed by atoms with Gasteiger partial charge in [0.05, 0.1) is 11.9 Å². The number of aryl methyl sites for hydroxylation is 1. The molecule has 0 saturated heterocycles. The molecule has 2 aromatic rings. The van der Waals surface area contributed by atoms with Crippen LogP contribution in [0.15, 0.2) is 30.5 Å². The van der Waals surface area contributed by atoms with Gasteiger partial charge in [0.15, 0.2) is 0 Å². The number of H-pyrrole nitrogens is 1. The highest BCUT2D eigenvalue weighted by Crippen LogP contribution is 2.16.